The topological polar surface area (TPSA) is 80.8 Å². The number of aromatic nitrogens is 1. The fourth-order valence-electron chi connectivity index (χ4n) is 3.15. The Bertz CT molecular complexity index is 952. The number of esters is 1. The number of halogens is 3. The van der Waals surface area contributed by atoms with Crippen molar-refractivity contribution >= 4 is 23.6 Å². The maximum absolute atomic E-state index is 12.5. The van der Waals surface area contributed by atoms with Crippen LogP contribution in [0.25, 0.3) is 0 Å². The zero-order valence-corrected chi connectivity index (χ0v) is 18.6. The van der Waals surface area contributed by atoms with Crippen molar-refractivity contribution in [2.75, 3.05) is 38.7 Å². The van der Waals surface area contributed by atoms with Crippen LogP contribution in [0, 0.1) is 0 Å². The van der Waals surface area contributed by atoms with E-state index in [9.17, 15) is 22.8 Å². The van der Waals surface area contributed by atoms with Crippen molar-refractivity contribution < 1.29 is 32.2 Å². The number of benzene rings is 1. The van der Waals surface area contributed by atoms with E-state index in [1.54, 1.807) is 0 Å². The van der Waals surface area contributed by atoms with Crippen LogP contribution in [0.15, 0.2) is 47.6 Å². The van der Waals surface area contributed by atoms with E-state index < -0.39 is 30.4 Å². The summed E-state index contributed by atoms with van der Waals surface area (Å²) in [5, 5.41) is 2.61. The lowest BCUT2D eigenvalue weighted by molar-refractivity contribution is -0.124. The number of pyridine rings is 1. The van der Waals surface area contributed by atoms with E-state index in [0.717, 1.165) is 30.8 Å². The first-order valence-electron chi connectivity index (χ1n) is 10.3. The molecule has 0 saturated carbocycles. The molecule has 0 aliphatic carbocycles. The molecule has 178 valence electrons. The highest BCUT2D eigenvalue weighted by molar-refractivity contribution is 7.99. The molecule has 1 aromatic heterocycles. The summed E-state index contributed by atoms with van der Waals surface area (Å²) < 4.78 is 47.8. The second-order valence-electron chi connectivity index (χ2n) is 7.27. The Morgan fingerprint density at radius 2 is 1.85 bits per heavy atom. The minimum absolute atomic E-state index is 0.0997. The Kier molecular flexibility index (Phi) is 9.10. The third-order valence-electron chi connectivity index (χ3n) is 4.79. The first-order chi connectivity index (χ1) is 15.8. The highest BCUT2D eigenvalue weighted by atomic mass is 32.2. The number of hydrogen-bond donors (Lipinski definition) is 1. The fourth-order valence-corrected chi connectivity index (χ4v) is 3.89. The van der Waals surface area contributed by atoms with Gasteiger partial charge in [0.1, 0.15) is 5.03 Å². The number of ether oxygens (including phenoxy) is 2. The quantitative estimate of drug-likeness (QED) is 0.434. The number of nitrogens with one attached hydrogen (secondary N) is 1. The van der Waals surface area contributed by atoms with Crippen LogP contribution in [0.4, 0.5) is 13.2 Å². The highest BCUT2D eigenvalue weighted by Crippen LogP contribution is 2.28. The Balaban J connectivity index is 1.50. The summed E-state index contributed by atoms with van der Waals surface area (Å²) in [7, 11) is 0. The molecule has 1 aliphatic rings. The molecule has 1 fully saturated rings. The Morgan fingerprint density at radius 3 is 2.58 bits per heavy atom. The van der Waals surface area contributed by atoms with E-state index in [1.165, 1.54) is 18.3 Å². The van der Waals surface area contributed by atoms with E-state index >= 15 is 0 Å². The number of alkyl halides is 3. The number of morpholine rings is 1. The monoisotopic (exact) mass is 483 g/mol. The minimum atomic E-state index is -4.40. The number of nitrogens with zero attached hydrogens (tertiary/aromatic N) is 2. The number of thioether (sulfide) groups is 1. The first kappa shape index (κ1) is 25.0. The summed E-state index contributed by atoms with van der Waals surface area (Å²) in [4.78, 5) is 30.6. The molecule has 1 aliphatic heterocycles. The van der Waals surface area contributed by atoms with Crippen molar-refractivity contribution in [3.05, 3.63) is 59.3 Å². The molecule has 0 atom stereocenters. The zero-order valence-electron chi connectivity index (χ0n) is 17.8. The van der Waals surface area contributed by atoms with E-state index in [0.29, 0.717) is 25.0 Å². The van der Waals surface area contributed by atoms with Crippen LogP contribution in [0.5, 0.6) is 0 Å². The van der Waals surface area contributed by atoms with Crippen LogP contribution in [0.3, 0.4) is 0 Å². The molecule has 1 N–H and O–H groups in total. The third-order valence-corrected chi connectivity index (χ3v) is 5.86. The number of rotatable bonds is 9. The van der Waals surface area contributed by atoms with E-state index in [4.69, 9.17) is 9.47 Å². The van der Waals surface area contributed by atoms with Crippen molar-refractivity contribution in [1.82, 2.24) is 15.2 Å². The van der Waals surface area contributed by atoms with Crippen molar-refractivity contribution in [2.45, 2.75) is 24.3 Å². The molecule has 1 aromatic carbocycles. The average Bonchev–Trinajstić information content (AvgIpc) is 2.81. The molecule has 0 unspecified atom stereocenters. The number of carbonyl (C=O) groups excluding carboxylic acids is 2. The molecular weight excluding hydrogens is 459 g/mol. The average molecular weight is 484 g/mol. The van der Waals surface area contributed by atoms with Gasteiger partial charge in [0.15, 0.2) is 6.61 Å². The lowest BCUT2D eigenvalue weighted by atomic mass is 10.1. The molecule has 0 spiro atoms. The molecular formula is C22H24F3N3O4S. The summed E-state index contributed by atoms with van der Waals surface area (Å²) >= 11 is 0.391. The predicted octanol–water partition coefficient (Wildman–Crippen LogP) is 3.04. The van der Waals surface area contributed by atoms with Gasteiger partial charge in [0.05, 0.1) is 24.5 Å². The Labute approximate surface area is 193 Å². The maximum atomic E-state index is 12.5. The zero-order chi connectivity index (χ0) is 23.7. The summed E-state index contributed by atoms with van der Waals surface area (Å²) in [6, 6.07) is 10.5. The molecule has 0 radical (unpaired) electrons. The normalized spacial score (nSPS) is 14.6. The standard InChI is InChI=1S/C22H24F3N3O4S/c23-22(24,25)15-33-20-18(6-3-7-26-20)21(30)32-14-19(29)27-12-16-4-1-2-5-17(16)13-28-8-10-31-11-9-28/h1-7H,8-15H2,(H,27,29). The van der Waals surface area contributed by atoms with Gasteiger partial charge < -0.3 is 14.8 Å². The first-order valence-corrected chi connectivity index (χ1v) is 11.3. The molecule has 3 rings (SSSR count). The largest absolute Gasteiger partial charge is 0.452 e. The molecule has 11 heteroatoms. The smallest absolute Gasteiger partial charge is 0.398 e. The summed E-state index contributed by atoms with van der Waals surface area (Å²) in [5.74, 6) is -2.61. The van der Waals surface area contributed by atoms with Crippen molar-refractivity contribution in [3.8, 4) is 0 Å². The van der Waals surface area contributed by atoms with Crippen LogP contribution < -0.4 is 5.32 Å². The van der Waals surface area contributed by atoms with E-state index in [1.807, 2.05) is 24.3 Å². The molecule has 2 heterocycles. The lowest BCUT2D eigenvalue weighted by Gasteiger charge is -2.27. The number of amides is 1. The number of carbonyl (C=O) groups is 2. The fraction of sp³-hybridized carbons (Fsp3) is 0.409. The second-order valence-corrected chi connectivity index (χ2v) is 8.23. The van der Waals surface area contributed by atoms with Crippen LogP contribution in [0.1, 0.15) is 21.5 Å². The van der Waals surface area contributed by atoms with Crippen molar-refractivity contribution in [1.29, 1.82) is 0 Å². The van der Waals surface area contributed by atoms with Gasteiger partial charge in [-0.05, 0) is 23.3 Å². The van der Waals surface area contributed by atoms with Crippen LogP contribution >= 0.6 is 11.8 Å². The van der Waals surface area contributed by atoms with Gasteiger partial charge in [0, 0.05) is 32.4 Å². The molecule has 2 aromatic rings. The van der Waals surface area contributed by atoms with Crippen LogP contribution in [0.2, 0.25) is 0 Å². The van der Waals surface area contributed by atoms with Gasteiger partial charge in [-0.25, -0.2) is 9.78 Å². The molecule has 1 saturated heterocycles. The maximum Gasteiger partial charge on any atom is 0.398 e. The molecule has 33 heavy (non-hydrogen) atoms. The van der Waals surface area contributed by atoms with Gasteiger partial charge in [-0.15, -0.1) is 0 Å². The van der Waals surface area contributed by atoms with E-state index in [-0.39, 0.29) is 17.1 Å². The van der Waals surface area contributed by atoms with Gasteiger partial charge in [-0.1, -0.05) is 36.0 Å². The predicted molar refractivity (Wildman–Crippen MR) is 116 cm³/mol. The minimum Gasteiger partial charge on any atom is -0.452 e. The van der Waals surface area contributed by atoms with Gasteiger partial charge in [0.25, 0.3) is 5.91 Å². The Hall–Kier alpha value is -2.63. The summed E-state index contributed by atoms with van der Waals surface area (Å²) in [6.45, 7) is 3.51. The van der Waals surface area contributed by atoms with Crippen molar-refractivity contribution in [2.24, 2.45) is 0 Å². The molecule has 1 amide bonds. The molecule has 0 bridgehead atoms. The van der Waals surface area contributed by atoms with Crippen LogP contribution in [-0.2, 0) is 27.4 Å². The third kappa shape index (κ3) is 8.34. The van der Waals surface area contributed by atoms with Gasteiger partial charge in [-0.3, -0.25) is 9.69 Å². The van der Waals surface area contributed by atoms with E-state index in [2.05, 4.69) is 15.2 Å². The summed E-state index contributed by atoms with van der Waals surface area (Å²) in [5.41, 5.74) is 1.91. The Morgan fingerprint density at radius 1 is 1.12 bits per heavy atom. The van der Waals surface area contributed by atoms with Gasteiger partial charge in [-0.2, -0.15) is 13.2 Å². The second kappa shape index (κ2) is 12.0. The van der Waals surface area contributed by atoms with Crippen molar-refractivity contribution in [3.63, 3.8) is 0 Å². The lowest BCUT2D eigenvalue weighted by Crippen LogP contribution is -2.36. The number of hydrogen-bond acceptors (Lipinski definition) is 7. The molecule has 7 nitrogen and oxygen atoms in total. The highest BCUT2D eigenvalue weighted by Gasteiger charge is 2.29. The van der Waals surface area contributed by atoms with Crippen LogP contribution in [-0.4, -0.2) is 66.6 Å². The van der Waals surface area contributed by atoms with Gasteiger partial charge in [0.2, 0.25) is 0 Å². The van der Waals surface area contributed by atoms with Gasteiger partial charge >= 0.3 is 12.1 Å². The SMILES string of the molecule is O=C(COC(=O)c1cccnc1SCC(F)(F)F)NCc1ccccc1CN1CCOCC1. The summed E-state index contributed by atoms with van der Waals surface area (Å²) in [6.07, 6.45) is -3.11.